The van der Waals surface area contributed by atoms with E-state index in [0.29, 0.717) is 18.9 Å². The number of hydrogen-bond acceptors (Lipinski definition) is 4. The third-order valence-corrected chi connectivity index (χ3v) is 4.21. The molecule has 1 aliphatic heterocycles. The van der Waals surface area contributed by atoms with Crippen LogP contribution in [0.15, 0.2) is 24.4 Å². The van der Waals surface area contributed by atoms with Gasteiger partial charge in [-0.2, -0.15) is 0 Å². The molecule has 0 aromatic carbocycles. The van der Waals surface area contributed by atoms with E-state index in [1.807, 2.05) is 30.1 Å². The summed E-state index contributed by atoms with van der Waals surface area (Å²) < 4.78 is 5.41. The van der Waals surface area contributed by atoms with E-state index in [4.69, 9.17) is 4.74 Å². The Hall–Kier alpha value is -1.46. The zero-order chi connectivity index (χ0) is 15.2. The van der Waals surface area contributed by atoms with Crippen molar-refractivity contribution in [1.82, 2.24) is 14.8 Å². The molecule has 0 bridgehead atoms. The number of aryl methyl sites for hydroxylation is 1. The molecule has 1 fully saturated rings. The van der Waals surface area contributed by atoms with Crippen LogP contribution < -0.4 is 0 Å². The standard InChI is InChI=1S/C16H25N3O2/c1-18-12-15(21-3)10-14(18)11-19(2)16(20)8-7-13-6-4-5-9-17-13/h4-6,9,14-15H,7-8,10-12H2,1-3H3/t14-,15-/m0/s1. The molecular weight excluding hydrogens is 266 g/mol. The average molecular weight is 291 g/mol. The second-order valence-electron chi connectivity index (χ2n) is 5.78. The SMILES string of the molecule is CO[C@H]1C[C@@H](CN(C)C(=O)CCc2ccccn2)N(C)C1. The van der Waals surface area contributed by atoms with Crippen LogP contribution in [0.4, 0.5) is 0 Å². The van der Waals surface area contributed by atoms with Gasteiger partial charge in [0.25, 0.3) is 0 Å². The van der Waals surface area contributed by atoms with Crippen LogP contribution in [0, 0.1) is 0 Å². The number of hydrogen-bond donors (Lipinski definition) is 0. The zero-order valence-corrected chi connectivity index (χ0v) is 13.2. The van der Waals surface area contributed by atoms with Crippen molar-refractivity contribution in [3.63, 3.8) is 0 Å². The van der Waals surface area contributed by atoms with E-state index in [1.165, 1.54) is 0 Å². The Morgan fingerprint density at radius 3 is 2.95 bits per heavy atom. The van der Waals surface area contributed by atoms with E-state index in [2.05, 4.69) is 16.9 Å². The minimum Gasteiger partial charge on any atom is -0.380 e. The summed E-state index contributed by atoms with van der Waals surface area (Å²) >= 11 is 0. The Kier molecular flexibility index (Phi) is 5.70. The zero-order valence-electron chi connectivity index (χ0n) is 13.2. The fraction of sp³-hybridized carbons (Fsp3) is 0.625. The maximum absolute atomic E-state index is 12.2. The largest absolute Gasteiger partial charge is 0.380 e. The van der Waals surface area contributed by atoms with Gasteiger partial charge in [-0.25, -0.2) is 0 Å². The summed E-state index contributed by atoms with van der Waals surface area (Å²) in [6.45, 7) is 1.70. The van der Waals surface area contributed by atoms with E-state index in [9.17, 15) is 4.79 Å². The fourth-order valence-electron chi connectivity index (χ4n) is 2.80. The molecule has 0 radical (unpaired) electrons. The highest BCUT2D eigenvalue weighted by Gasteiger charge is 2.30. The molecule has 5 nitrogen and oxygen atoms in total. The maximum Gasteiger partial charge on any atom is 0.222 e. The molecule has 116 valence electrons. The Labute approximate surface area is 126 Å². The van der Waals surface area contributed by atoms with Gasteiger partial charge in [0.1, 0.15) is 0 Å². The van der Waals surface area contributed by atoms with Gasteiger partial charge in [0.05, 0.1) is 6.10 Å². The summed E-state index contributed by atoms with van der Waals surface area (Å²) in [6.07, 6.45) is 4.26. The van der Waals surface area contributed by atoms with Gasteiger partial charge >= 0.3 is 0 Å². The molecule has 0 unspecified atom stereocenters. The summed E-state index contributed by atoms with van der Waals surface area (Å²) in [5.41, 5.74) is 0.969. The minimum atomic E-state index is 0.176. The quantitative estimate of drug-likeness (QED) is 0.790. The number of aromatic nitrogens is 1. The number of ether oxygens (including phenoxy) is 1. The maximum atomic E-state index is 12.2. The topological polar surface area (TPSA) is 45.7 Å². The van der Waals surface area contributed by atoms with Crippen molar-refractivity contribution in [1.29, 1.82) is 0 Å². The lowest BCUT2D eigenvalue weighted by atomic mass is 10.1. The van der Waals surface area contributed by atoms with Crippen molar-refractivity contribution in [2.24, 2.45) is 0 Å². The number of likely N-dealkylation sites (tertiary alicyclic amines) is 1. The van der Waals surface area contributed by atoms with Gasteiger partial charge in [-0.3, -0.25) is 14.7 Å². The second-order valence-corrected chi connectivity index (χ2v) is 5.78. The van der Waals surface area contributed by atoms with Crippen LogP contribution in [0.2, 0.25) is 0 Å². The van der Waals surface area contributed by atoms with Crippen molar-refractivity contribution in [2.45, 2.75) is 31.4 Å². The first-order valence-electron chi connectivity index (χ1n) is 7.47. The number of amides is 1. The van der Waals surface area contributed by atoms with Crippen LogP contribution in [-0.4, -0.2) is 67.1 Å². The lowest BCUT2D eigenvalue weighted by molar-refractivity contribution is -0.130. The number of pyridine rings is 1. The van der Waals surface area contributed by atoms with Crippen molar-refractivity contribution in [3.8, 4) is 0 Å². The van der Waals surface area contributed by atoms with Crippen LogP contribution in [0.5, 0.6) is 0 Å². The van der Waals surface area contributed by atoms with E-state index in [-0.39, 0.29) is 12.0 Å². The molecule has 1 saturated heterocycles. The highest BCUT2D eigenvalue weighted by atomic mass is 16.5. The first-order valence-corrected chi connectivity index (χ1v) is 7.47. The molecule has 0 spiro atoms. The van der Waals surface area contributed by atoms with E-state index >= 15 is 0 Å². The van der Waals surface area contributed by atoms with Gasteiger partial charge in [-0.1, -0.05) is 6.07 Å². The molecule has 1 aromatic rings. The first-order chi connectivity index (χ1) is 10.1. The van der Waals surface area contributed by atoms with Gasteiger partial charge in [-0.15, -0.1) is 0 Å². The Bertz CT molecular complexity index is 452. The van der Waals surface area contributed by atoms with Crippen LogP contribution in [-0.2, 0) is 16.0 Å². The molecule has 5 heteroatoms. The monoisotopic (exact) mass is 291 g/mol. The normalized spacial score (nSPS) is 22.4. The van der Waals surface area contributed by atoms with Crippen LogP contribution in [0.1, 0.15) is 18.5 Å². The summed E-state index contributed by atoms with van der Waals surface area (Å²) in [5.74, 6) is 0.176. The molecule has 2 heterocycles. The van der Waals surface area contributed by atoms with E-state index in [1.54, 1.807) is 13.3 Å². The highest BCUT2D eigenvalue weighted by Crippen LogP contribution is 2.18. The highest BCUT2D eigenvalue weighted by molar-refractivity contribution is 5.76. The van der Waals surface area contributed by atoms with Crippen molar-refractivity contribution < 1.29 is 9.53 Å². The number of carbonyl (C=O) groups excluding carboxylic acids is 1. The summed E-state index contributed by atoms with van der Waals surface area (Å²) in [4.78, 5) is 20.6. The van der Waals surface area contributed by atoms with Crippen molar-refractivity contribution in [2.75, 3.05) is 34.3 Å². The van der Waals surface area contributed by atoms with Crippen molar-refractivity contribution in [3.05, 3.63) is 30.1 Å². The van der Waals surface area contributed by atoms with Gasteiger partial charge in [0, 0.05) is 51.6 Å². The smallest absolute Gasteiger partial charge is 0.222 e. The molecule has 1 aliphatic rings. The predicted octanol–water partition coefficient (Wildman–Crippen LogP) is 1.19. The van der Waals surface area contributed by atoms with E-state index in [0.717, 1.165) is 25.2 Å². The van der Waals surface area contributed by atoms with Gasteiger partial charge < -0.3 is 9.64 Å². The van der Waals surface area contributed by atoms with E-state index < -0.39 is 0 Å². The Morgan fingerprint density at radius 2 is 2.33 bits per heavy atom. The lowest BCUT2D eigenvalue weighted by Crippen LogP contribution is -2.39. The molecule has 0 aliphatic carbocycles. The molecule has 1 amide bonds. The number of nitrogens with zero attached hydrogens (tertiary/aromatic N) is 3. The fourth-order valence-corrected chi connectivity index (χ4v) is 2.80. The molecule has 1 aromatic heterocycles. The molecular formula is C16H25N3O2. The molecule has 0 saturated carbocycles. The average Bonchev–Trinajstić information content (AvgIpc) is 2.86. The number of likely N-dealkylation sites (N-methyl/N-ethyl adjacent to an activating group) is 2. The Balaban J connectivity index is 1.77. The number of methoxy groups -OCH3 is 1. The Morgan fingerprint density at radius 1 is 1.52 bits per heavy atom. The number of rotatable bonds is 6. The second kappa shape index (κ2) is 7.52. The van der Waals surface area contributed by atoms with Gasteiger partial charge in [0.2, 0.25) is 5.91 Å². The summed E-state index contributed by atoms with van der Waals surface area (Å²) in [6, 6.07) is 6.19. The lowest BCUT2D eigenvalue weighted by Gasteiger charge is -2.25. The predicted molar refractivity (Wildman–Crippen MR) is 82.0 cm³/mol. The van der Waals surface area contributed by atoms with Crippen LogP contribution in [0.3, 0.4) is 0 Å². The first kappa shape index (κ1) is 15.9. The molecule has 2 atom stereocenters. The van der Waals surface area contributed by atoms with Crippen LogP contribution >= 0.6 is 0 Å². The van der Waals surface area contributed by atoms with Gasteiger partial charge in [0.15, 0.2) is 0 Å². The summed E-state index contributed by atoms with van der Waals surface area (Å²) in [5, 5.41) is 0. The third kappa shape index (κ3) is 4.51. The number of carbonyl (C=O) groups is 1. The van der Waals surface area contributed by atoms with Gasteiger partial charge in [-0.05, 0) is 32.0 Å². The molecule has 0 N–H and O–H groups in total. The molecule has 2 rings (SSSR count). The molecule has 21 heavy (non-hydrogen) atoms. The van der Waals surface area contributed by atoms with Crippen molar-refractivity contribution >= 4 is 5.91 Å². The summed E-state index contributed by atoms with van der Waals surface area (Å²) in [7, 11) is 5.73. The minimum absolute atomic E-state index is 0.176. The third-order valence-electron chi connectivity index (χ3n) is 4.21. The van der Waals surface area contributed by atoms with Crippen LogP contribution in [0.25, 0.3) is 0 Å².